The fourth-order valence-corrected chi connectivity index (χ4v) is 2.50. The molecule has 2 unspecified atom stereocenters. The molecule has 1 fully saturated rings. The molecule has 1 aromatic carbocycles. The fourth-order valence-electron chi connectivity index (χ4n) is 2.50. The van der Waals surface area contributed by atoms with E-state index in [1.807, 2.05) is 6.07 Å². The molecule has 0 radical (unpaired) electrons. The maximum Gasteiger partial charge on any atom is 0.128 e. The molecular weight excluding hydrogens is 269 g/mol. The van der Waals surface area contributed by atoms with Crippen molar-refractivity contribution in [1.82, 2.24) is 5.32 Å². The molecule has 0 amide bonds. The Morgan fingerprint density at radius 1 is 1.29 bits per heavy atom. The Labute approximate surface area is 126 Å². The zero-order valence-electron chi connectivity index (χ0n) is 13.0. The van der Waals surface area contributed by atoms with E-state index in [1.54, 1.807) is 12.1 Å². The molecular formula is C17H26FNO2. The van der Waals surface area contributed by atoms with Gasteiger partial charge in [-0.15, -0.1) is 0 Å². The second-order valence-electron chi connectivity index (χ2n) is 6.12. The van der Waals surface area contributed by atoms with Gasteiger partial charge in [0.15, 0.2) is 0 Å². The van der Waals surface area contributed by atoms with Gasteiger partial charge in [-0.3, -0.25) is 0 Å². The van der Waals surface area contributed by atoms with Gasteiger partial charge in [-0.05, 0) is 31.4 Å². The maximum atomic E-state index is 13.4. The van der Waals surface area contributed by atoms with Gasteiger partial charge >= 0.3 is 0 Å². The molecule has 4 heteroatoms. The van der Waals surface area contributed by atoms with Crippen LogP contribution in [-0.4, -0.2) is 31.9 Å². The number of rotatable bonds is 8. The minimum atomic E-state index is -0.208. The Morgan fingerprint density at radius 2 is 2.05 bits per heavy atom. The standard InChI is InChI=1S/C17H26FNO2/c1-13(2)9-19-10-15-7-8-16(21-15)12-20-11-14-5-3-4-6-17(14)18/h3-6,13,15-16,19H,7-12H2,1-2H3. The zero-order chi connectivity index (χ0) is 15.1. The van der Waals surface area contributed by atoms with Gasteiger partial charge in [0.05, 0.1) is 25.4 Å². The first-order chi connectivity index (χ1) is 10.1. The first-order valence-electron chi connectivity index (χ1n) is 7.82. The van der Waals surface area contributed by atoms with E-state index in [1.165, 1.54) is 6.07 Å². The van der Waals surface area contributed by atoms with E-state index in [-0.39, 0.29) is 18.0 Å². The molecule has 1 N–H and O–H groups in total. The summed E-state index contributed by atoms with van der Waals surface area (Å²) in [6.07, 6.45) is 2.51. The topological polar surface area (TPSA) is 30.5 Å². The Kier molecular flexibility index (Phi) is 6.61. The zero-order valence-corrected chi connectivity index (χ0v) is 13.0. The SMILES string of the molecule is CC(C)CNCC1CCC(COCc2ccccc2F)O1. The molecule has 1 aliphatic heterocycles. The summed E-state index contributed by atoms with van der Waals surface area (Å²) in [7, 11) is 0. The molecule has 0 aliphatic carbocycles. The lowest BCUT2D eigenvalue weighted by Crippen LogP contribution is -2.30. The lowest BCUT2D eigenvalue weighted by Gasteiger charge is -2.15. The van der Waals surface area contributed by atoms with E-state index in [4.69, 9.17) is 9.47 Å². The highest BCUT2D eigenvalue weighted by Gasteiger charge is 2.25. The van der Waals surface area contributed by atoms with Gasteiger partial charge in [0, 0.05) is 12.1 Å². The van der Waals surface area contributed by atoms with Crippen molar-refractivity contribution in [3.8, 4) is 0 Å². The van der Waals surface area contributed by atoms with Crippen LogP contribution >= 0.6 is 0 Å². The van der Waals surface area contributed by atoms with Gasteiger partial charge in [0.2, 0.25) is 0 Å². The van der Waals surface area contributed by atoms with Crippen LogP contribution in [0.4, 0.5) is 4.39 Å². The third kappa shape index (κ3) is 5.73. The van der Waals surface area contributed by atoms with Crippen molar-refractivity contribution in [3.05, 3.63) is 35.6 Å². The molecule has 21 heavy (non-hydrogen) atoms. The normalized spacial score (nSPS) is 22.1. The number of hydrogen-bond acceptors (Lipinski definition) is 3. The molecule has 1 aromatic rings. The monoisotopic (exact) mass is 295 g/mol. The second kappa shape index (κ2) is 8.47. The quantitative estimate of drug-likeness (QED) is 0.799. The van der Waals surface area contributed by atoms with Crippen molar-refractivity contribution < 1.29 is 13.9 Å². The highest BCUT2D eigenvalue weighted by Crippen LogP contribution is 2.20. The Morgan fingerprint density at radius 3 is 2.81 bits per heavy atom. The fraction of sp³-hybridized carbons (Fsp3) is 0.647. The van der Waals surface area contributed by atoms with Crippen molar-refractivity contribution in [2.75, 3.05) is 19.7 Å². The molecule has 1 heterocycles. The van der Waals surface area contributed by atoms with Crippen LogP contribution in [0.15, 0.2) is 24.3 Å². The first kappa shape index (κ1) is 16.4. The number of halogens is 1. The van der Waals surface area contributed by atoms with Gasteiger partial charge < -0.3 is 14.8 Å². The van der Waals surface area contributed by atoms with Crippen molar-refractivity contribution in [2.24, 2.45) is 5.92 Å². The average molecular weight is 295 g/mol. The average Bonchev–Trinajstić information content (AvgIpc) is 2.88. The van der Waals surface area contributed by atoms with Crippen LogP contribution in [0.1, 0.15) is 32.3 Å². The van der Waals surface area contributed by atoms with E-state index in [2.05, 4.69) is 19.2 Å². The minimum Gasteiger partial charge on any atom is -0.374 e. The summed E-state index contributed by atoms with van der Waals surface area (Å²) >= 11 is 0. The van der Waals surface area contributed by atoms with Gasteiger partial charge in [-0.2, -0.15) is 0 Å². The smallest absolute Gasteiger partial charge is 0.128 e. The van der Waals surface area contributed by atoms with Crippen molar-refractivity contribution in [2.45, 2.75) is 45.5 Å². The second-order valence-corrected chi connectivity index (χ2v) is 6.12. The predicted molar refractivity (Wildman–Crippen MR) is 81.7 cm³/mol. The lowest BCUT2D eigenvalue weighted by atomic mass is 10.2. The van der Waals surface area contributed by atoms with Crippen LogP contribution in [0.2, 0.25) is 0 Å². The summed E-state index contributed by atoms with van der Waals surface area (Å²) in [6.45, 7) is 7.16. The third-order valence-corrected chi connectivity index (χ3v) is 3.64. The Balaban J connectivity index is 1.61. The lowest BCUT2D eigenvalue weighted by molar-refractivity contribution is -0.0195. The highest BCUT2D eigenvalue weighted by molar-refractivity contribution is 5.16. The van der Waals surface area contributed by atoms with Crippen LogP contribution in [0.5, 0.6) is 0 Å². The van der Waals surface area contributed by atoms with Crippen LogP contribution in [0, 0.1) is 11.7 Å². The van der Waals surface area contributed by atoms with Crippen molar-refractivity contribution in [1.29, 1.82) is 0 Å². The van der Waals surface area contributed by atoms with E-state index in [9.17, 15) is 4.39 Å². The van der Waals surface area contributed by atoms with E-state index in [0.717, 1.165) is 25.9 Å². The largest absolute Gasteiger partial charge is 0.374 e. The van der Waals surface area contributed by atoms with Gasteiger partial charge in [0.25, 0.3) is 0 Å². The highest BCUT2D eigenvalue weighted by atomic mass is 19.1. The van der Waals surface area contributed by atoms with E-state index >= 15 is 0 Å². The summed E-state index contributed by atoms with van der Waals surface area (Å²) in [6, 6.07) is 6.72. The minimum absolute atomic E-state index is 0.141. The van der Waals surface area contributed by atoms with Crippen molar-refractivity contribution in [3.63, 3.8) is 0 Å². The van der Waals surface area contributed by atoms with E-state index < -0.39 is 0 Å². The summed E-state index contributed by atoms with van der Waals surface area (Å²) in [4.78, 5) is 0. The number of hydrogen-bond donors (Lipinski definition) is 1. The number of benzene rings is 1. The van der Waals surface area contributed by atoms with Crippen LogP contribution < -0.4 is 5.32 Å². The Bertz CT molecular complexity index is 425. The summed E-state index contributed by atoms with van der Waals surface area (Å²) < 4.78 is 25.0. The molecule has 0 bridgehead atoms. The molecule has 2 rings (SSSR count). The number of ether oxygens (including phenoxy) is 2. The van der Waals surface area contributed by atoms with Crippen LogP contribution in [0.3, 0.4) is 0 Å². The molecule has 2 atom stereocenters. The van der Waals surface area contributed by atoms with Crippen LogP contribution in [0.25, 0.3) is 0 Å². The molecule has 0 aromatic heterocycles. The predicted octanol–water partition coefficient (Wildman–Crippen LogP) is 3.14. The summed E-state index contributed by atoms with van der Waals surface area (Å²) in [5, 5.41) is 3.42. The number of nitrogens with one attached hydrogen (secondary N) is 1. The van der Waals surface area contributed by atoms with E-state index in [0.29, 0.717) is 24.7 Å². The molecule has 1 aliphatic rings. The third-order valence-electron chi connectivity index (χ3n) is 3.64. The van der Waals surface area contributed by atoms with Crippen LogP contribution in [-0.2, 0) is 16.1 Å². The summed E-state index contributed by atoms with van der Waals surface area (Å²) in [5.41, 5.74) is 0.602. The molecule has 0 spiro atoms. The maximum absolute atomic E-state index is 13.4. The van der Waals surface area contributed by atoms with Gasteiger partial charge in [-0.1, -0.05) is 32.0 Å². The first-order valence-corrected chi connectivity index (χ1v) is 7.82. The van der Waals surface area contributed by atoms with Gasteiger partial charge in [0.1, 0.15) is 5.82 Å². The summed E-state index contributed by atoms with van der Waals surface area (Å²) in [5.74, 6) is 0.451. The molecule has 0 saturated carbocycles. The molecule has 1 saturated heterocycles. The van der Waals surface area contributed by atoms with Gasteiger partial charge in [-0.25, -0.2) is 4.39 Å². The molecule has 3 nitrogen and oxygen atoms in total. The van der Waals surface area contributed by atoms with Crippen molar-refractivity contribution >= 4 is 0 Å². The molecule has 118 valence electrons. The Hall–Kier alpha value is -0.970.